The van der Waals surface area contributed by atoms with Crippen LogP contribution in [-0.2, 0) is 27.2 Å². The van der Waals surface area contributed by atoms with Crippen molar-refractivity contribution in [2.75, 3.05) is 13.2 Å². The number of aromatic amines is 1. The molecule has 0 fully saturated rings. The van der Waals surface area contributed by atoms with E-state index in [9.17, 15) is 14.4 Å². The molecular weight excluding hydrogens is 372 g/mol. The van der Waals surface area contributed by atoms with Gasteiger partial charge in [0.1, 0.15) is 5.69 Å². The zero-order valence-electron chi connectivity index (χ0n) is 17.2. The Morgan fingerprint density at radius 3 is 2.48 bits per heavy atom. The fourth-order valence-corrected chi connectivity index (χ4v) is 3.53. The SMILES string of the molecule is Cc1[nH]c(C(=O)OCC(=O)N2CCc3ccccc3C2)c(C)c1C(=O)OC(C)C. The molecule has 2 heterocycles. The summed E-state index contributed by atoms with van der Waals surface area (Å²) in [7, 11) is 0. The number of benzene rings is 1. The number of aryl methyl sites for hydroxylation is 1. The summed E-state index contributed by atoms with van der Waals surface area (Å²) in [5.74, 6) is -1.40. The van der Waals surface area contributed by atoms with Gasteiger partial charge in [0, 0.05) is 18.8 Å². The van der Waals surface area contributed by atoms with Crippen LogP contribution in [0.25, 0.3) is 0 Å². The highest BCUT2D eigenvalue weighted by atomic mass is 16.5. The minimum Gasteiger partial charge on any atom is -0.459 e. The van der Waals surface area contributed by atoms with E-state index in [1.54, 1.807) is 32.6 Å². The van der Waals surface area contributed by atoms with Crippen molar-refractivity contribution in [1.29, 1.82) is 0 Å². The monoisotopic (exact) mass is 398 g/mol. The second-order valence-electron chi connectivity index (χ2n) is 7.49. The van der Waals surface area contributed by atoms with Crippen LogP contribution >= 0.6 is 0 Å². The minimum absolute atomic E-state index is 0.162. The van der Waals surface area contributed by atoms with Crippen LogP contribution in [0.1, 0.15) is 57.1 Å². The van der Waals surface area contributed by atoms with E-state index in [4.69, 9.17) is 9.47 Å². The molecule has 7 nitrogen and oxygen atoms in total. The molecule has 154 valence electrons. The molecule has 1 N–H and O–H groups in total. The predicted octanol–water partition coefficient (Wildman–Crippen LogP) is 2.94. The third kappa shape index (κ3) is 4.50. The van der Waals surface area contributed by atoms with Gasteiger partial charge in [0.05, 0.1) is 11.7 Å². The smallest absolute Gasteiger partial charge is 0.355 e. The van der Waals surface area contributed by atoms with Gasteiger partial charge >= 0.3 is 11.9 Å². The van der Waals surface area contributed by atoms with E-state index < -0.39 is 11.9 Å². The summed E-state index contributed by atoms with van der Waals surface area (Å²) < 4.78 is 10.5. The van der Waals surface area contributed by atoms with Crippen molar-refractivity contribution < 1.29 is 23.9 Å². The lowest BCUT2D eigenvalue weighted by Crippen LogP contribution is -2.38. The zero-order valence-corrected chi connectivity index (χ0v) is 17.2. The highest BCUT2D eigenvalue weighted by Crippen LogP contribution is 2.21. The lowest BCUT2D eigenvalue weighted by Gasteiger charge is -2.28. The molecule has 1 aromatic heterocycles. The van der Waals surface area contributed by atoms with E-state index >= 15 is 0 Å². The topological polar surface area (TPSA) is 88.7 Å². The molecule has 0 saturated heterocycles. The third-order valence-electron chi connectivity index (χ3n) is 5.00. The summed E-state index contributed by atoms with van der Waals surface area (Å²) in [6, 6.07) is 8.01. The fraction of sp³-hybridized carbons (Fsp3) is 0.409. The van der Waals surface area contributed by atoms with Crippen molar-refractivity contribution in [1.82, 2.24) is 9.88 Å². The Hall–Kier alpha value is -3.09. The first-order valence-electron chi connectivity index (χ1n) is 9.69. The molecule has 1 aliphatic rings. The summed E-state index contributed by atoms with van der Waals surface area (Å²) in [5.41, 5.74) is 3.82. The third-order valence-corrected chi connectivity index (χ3v) is 5.00. The number of H-pyrrole nitrogens is 1. The molecule has 1 amide bonds. The highest BCUT2D eigenvalue weighted by Gasteiger charge is 2.26. The lowest BCUT2D eigenvalue weighted by atomic mass is 10.00. The Morgan fingerprint density at radius 2 is 1.79 bits per heavy atom. The van der Waals surface area contributed by atoms with Crippen LogP contribution in [0, 0.1) is 13.8 Å². The number of carbonyl (C=O) groups excluding carboxylic acids is 3. The van der Waals surface area contributed by atoms with E-state index in [0.29, 0.717) is 29.9 Å². The van der Waals surface area contributed by atoms with Crippen molar-refractivity contribution in [3.05, 3.63) is 57.9 Å². The number of carbonyl (C=O) groups is 3. The van der Waals surface area contributed by atoms with Crippen LogP contribution in [0.3, 0.4) is 0 Å². The van der Waals surface area contributed by atoms with Crippen molar-refractivity contribution in [3.63, 3.8) is 0 Å². The molecule has 7 heteroatoms. The number of rotatable bonds is 5. The molecule has 0 unspecified atom stereocenters. The van der Waals surface area contributed by atoms with Crippen LogP contribution in [0.15, 0.2) is 24.3 Å². The minimum atomic E-state index is -0.667. The second kappa shape index (κ2) is 8.51. The molecule has 0 aliphatic carbocycles. The van der Waals surface area contributed by atoms with E-state index in [1.165, 1.54) is 5.56 Å². The van der Waals surface area contributed by atoms with E-state index in [1.807, 2.05) is 18.2 Å². The van der Waals surface area contributed by atoms with Crippen LogP contribution in [0.5, 0.6) is 0 Å². The van der Waals surface area contributed by atoms with Gasteiger partial charge in [0.25, 0.3) is 5.91 Å². The summed E-state index contributed by atoms with van der Waals surface area (Å²) in [6.45, 7) is 7.63. The number of fused-ring (bicyclic) bond motifs is 1. The quantitative estimate of drug-likeness (QED) is 0.783. The first kappa shape index (κ1) is 20.6. The number of hydrogen-bond donors (Lipinski definition) is 1. The number of hydrogen-bond acceptors (Lipinski definition) is 5. The normalized spacial score (nSPS) is 13.2. The Kier molecular flexibility index (Phi) is 6.06. The molecule has 1 aromatic carbocycles. The average molecular weight is 398 g/mol. The molecule has 0 saturated carbocycles. The first-order valence-corrected chi connectivity index (χ1v) is 9.69. The standard InChI is InChI=1S/C22H26N2O5/c1-13(2)29-21(26)19-14(3)20(23-15(19)4)22(27)28-12-18(25)24-10-9-16-7-5-6-8-17(16)11-24/h5-8,13,23H,9-12H2,1-4H3. The van der Waals surface area contributed by atoms with Gasteiger partial charge in [-0.2, -0.15) is 0 Å². The van der Waals surface area contributed by atoms with Crippen molar-refractivity contribution in [2.45, 2.75) is 46.8 Å². The Bertz CT molecular complexity index is 945. The first-order chi connectivity index (χ1) is 13.8. The Morgan fingerprint density at radius 1 is 1.10 bits per heavy atom. The maximum atomic E-state index is 12.5. The van der Waals surface area contributed by atoms with Gasteiger partial charge in [0.15, 0.2) is 6.61 Å². The van der Waals surface area contributed by atoms with Crippen LogP contribution < -0.4 is 0 Å². The molecular formula is C22H26N2O5. The number of esters is 2. The van der Waals surface area contributed by atoms with Gasteiger partial charge in [-0.1, -0.05) is 24.3 Å². The van der Waals surface area contributed by atoms with Gasteiger partial charge in [-0.25, -0.2) is 9.59 Å². The molecule has 29 heavy (non-hydrogen) atoms. The largest absolute Gasteiger partial charge is 0.459 e. The maximum Gasteiger partial charge on any atom is 0.355 e. The summed E-state index contributed by atoms with van der Waals surface area (Å²) in [5, 5.41) is 0. The van der Waals surface area contributed by atoms with Crippen molar-refractivity contribution >= 4 is 17.8 Å². The van der Waals surface area contributed by atoms with Gasteiger partial charge in [-0.15, -0.1) is 0 Å². The average Bonchev–Trinajstić information content (AvgIpc) is 2.99. The van der Waals surface area contributed by atoms with Crippen LogP contribution in [0.2, 0.25) is 0 Å². The summed E-state index contributed by atoms with van der Waals surface area (Å²) in [4.78, 5) is 41.8. The molecule has 0 atom stereocenters. The Balaban J connectivity index is 1.63. The van der Waals surface area contributed by atoms with E-state index in [2.05, 4.69) is 11.1 Å². The lowest BCUT2D eigenvalue weighted by molar-refractivity contribution is -0.135. The van der Waals surface area contributed by atoms with Gasteiger partial charge in [0.2, 0.25) is 0 Å². The summed E-state index contributed by atoms with van der Waals surface area (Å²) >= 11 is 0. The number of nitrogens with zero attached hydrogens (tertiary/aromatic N) is 1. The number of aromatic nitrogens is 1. The van der Waals surface area contributed by atoms with Gasteiger partial charge < -0.3 is 19.4 Å². The van der Waals surface area contributed by atoms with Crippen LogP contribution in [-0.4, -0.2) is 47.0 Å². The van der Waals surface area contributed by atoms with Crippen LogP contribution in [0.4, 0.5) is 0 Å². The molecule has 0 bridgehead atoms. The summed E-state index contributed by atoms with van der Waals surface area (Å²) in [6.07, 6.45) is 0.519. The molecule has 1 aliphatic heterocycles. The van der Waals surface area contributed by atoms with Crippen molar-refractivity contribution in [3.8, 4) is 0 Å². The number of nitrogens with one attached hydrogen (secondary N) is 1. The maximum absolute atomic E-state index is 12.5. The molecule has 2 aromatic rings. The van der Waals surface area contributed by atoms with Gasteiger partial charge in [-0.3, -0.25) is 4.79 Å². The number of ether oxygens (including phenoxy) is 2. The van der Waals surface area contributed by atoms with Crippen molar-refractivity contribution in [2.24, 2.45) is 0 Å². The van der Waals surface area contributed by atoms with Gasteiger partial charge in [-0.05, 0) is 50.8 Å². The van der Waals surface area contributed by atoms with E-state index in [0.717, 1.165) is 12.0 Å². The highest BCUT2D eigenvalue weighted by molar-refractivity contribution is 5.99. The van der Waals surface area contributed by atoms with E-state index in [-0.39, 0.29) is 24.3 Å². The second-order valence-corrected chi connectivity index (χ2v) is 7.49. The molecule has 3 rings (SSSR count). The predicted molar refractivity (Wildman–Crippen MR) is 107 cm³/mol. The zero-order chi connectivity index (χ0) is 21.1. The number of amides is 1. The Labute approximate surface area is 170 Å². The fourth-order valence-electron chi connectivity index (χ4n) is 3.53. The molecule has 0 spiro atoms. The molecule has 0 radical (unpaired) electrons.